The van der Waals surface area contributed by atoms with E-state index in [2.05, 4.69) is 14.1 Å². The van der Waals surface area contributed by atoms with E-state index in [4.69, 9.17) is 18.9 Å². The average molecular weight is 384 g/mol. The van der Waals surface area contributed by atoms with Gasteiger partial charge in [-0.25, -0.2) is 0 Å². The summed E-state index contributed by atoms with van der Waals surface area (Å²) in [6, 6.07) is 9.37. The molecule has 6 nitrogen and oxygen atoms in total. The van der Waals surface area contributed by atoms with Crippen molar-refractivity contribution in [3.05, 3.63) is 47.0 Å². The van der Waals surface area contributed by atoms with Crippen molar-refractivity contribution in [2.75, 3.05) is 41.7 Å². The highest BCUT2D eigenvalue weighted by atomic mass is 16.7. The van der Waals surface area contributed by atoms with Crippen molar-refractivity contribution in [1.29, 1.82) is 0 Å². The van der Waals surface area contributed by atoms with Crippen molar-refractivity contribution in [1.82, 2.24) is 0 Å². The SMILES string of the molecule is COc1ccccc1C(=O)C[C@@H]1c2c(cc3c(c2OC)OCO3)CC[N+]1(C)C. The Bertz CT molecular complexity index is 921. The zero-order valence-corrected chi connectivity index (χ0v) is 16.8. The van der Waals surface area contributed by atoms with Crippen LogP contribution < -0.4 is 18.9 Å². The summed E-state index contributed by atoms with van der Waals surface area (Å²) in [5, 5.41) is 0. The summed E-state index contributed by atoms with van der Waals surface area (Å²) in [6.45, 7) is 1.12. The first-order valence-corrected chi connectivity index (χ1v) is 9.44. The first kappa shape index (κ1) is 18.6. The molecule has 0 amide bonds. The summed E-state index contributed by atoms with van der Waals surface area (Å²) in [6.07, 6.45) is 1.26. The van der Waals surface area contributed by atoms with Gasteiger partial charge in [0.1, 0.15) is 11.8 Å². The number of ketones is 1. The first-order valence-electron chi connectivity index (χ1n) is 9.44. The highest BCUT2D eigenvalue weighted by Gasteiger charge is 2.42. The van der Waals surface area contributed by atoms with Gasteiger partial charge in [-0.05, 0) is 23.8 Å². The van der Waals surface area contributed by atoms with E-state index in [0.717, 1.165) is 29.8 Å². The molecule has 2 aromatic rings. The lowest BCUT2D eigenvalue weighted by Gasteiger charge is -2.43. The predicted molar refractivity (Wildman–Crippen MR) is 104 cm³/mol. The smallest absolute Gasteiger partial charge is 0.231 e. The molecule has 2 aromatic carbocycles. The number of fused-ring (bicyclic) bond motifs is 2. The standard InChI is InChI=1S/C22H26NO5/c1-23(2)10-9-14-11-19-21(28-13-27-19)22(26-4)20(14)16(23)12-17(24)15-7-5-6-8-18(15)25-3/h5-8,11,16H,9-10,12-13H2,1-4H3/q+1/t16-/m1/s1. The summed E-state index contributed by atoms with van der Waals surface area (Å²) in [7, 11) is 7.55. The summed E-state index contributed by atoms with van der Waals surface area (Å²) >= 11 is 0. The van der Waals surface area contributed by atoms with Crippen LogP contribution in [0.15, 0.2) is 30.3 Å². The second-order valence-corrected chi connectivity index (χ2v) is 7.81. The molecule has 0 saturated carbocycles. The molecule has 2 aliphatic rings. The van der Waals surface area contributed by atoms with E-state index in [1.807, 2.05) is 30.3 Å². The number of quaternary nitrogens is 1. The number of methoxy groups -OCH3 is 2. The van der Waals surface area contributed by atoms with Gasteiger partial charge < -0.3 is 23.4 Å². The average Bonchev–Trinajstić information content (AvgIpc) is 3.16. The van der Waals surface area contributed by atoms with Crippen LogP contribution in [0.2, 0.25) is 0 Å². The molecule has 148 valence electrons. The third-order valence-corrected chi connectivity index (χ3v) is 5.87. The normalized spacial score (nSPS) is 19.1. The highest BCUT2D eigenvalue weighted by molar-refractivity contribution is 5.99. The second kappa shape index (κ2) is 7.02. The molecule has 0 saturated heterocycles. The molecular weight excluding hydrogens is 358 g/mol. The van der Waals surface area contributed by atoms with Gasteiger partial charge in [0.15, 0.2) is 17.3 Å². The van der Waals surface area contributed by atoms with E-state index >= 15 is 0 Å². The van der Waals surface area contributed by atoms with Crippen LogP contribution >= 0.6 is 0 Å². The molecular formula is C22H26NO5+. The number of carbonyl (C=O) groups is 1. The number of hydrogen-bond acceptors (Lipinski definition) is 5. The zero-order valence-electron chi connectivity index (χ0n) is 16.8. The number of nitrogens with zero attached hydrogens (tertiary/aromatic N) is 1. The Morgan fingerprint density at radius 2 is 1.96 bits per heavy atom. The van der Waals surface area contributed by atoms with Gasteiger partial charge in [0.2, 0.25) is 12.5 Å². The first-order chi connectivity index (χ1) is 13.5. The molecule has 0 bridgehead atoms. The Morgan fingerprint density at radius 3 is 2.71 bits per heavy atom. The van der Waals surface area contributed by atoms with Gasteiger partial charge in [0.05, 0.1) is 52.4 Å². The third kappa shape index (κ3) is 2.98. The molecule has 0 radical (unpaired) electrons. The van der Waals surface area contributed by atoms with Crippen molar-refractivity contribution in [2.45, 2.75) is 18.9 Å². The lowest BCUT2D eigenvalue weighted by molar-refractivity contribution is -0.922. The quantitative estimate of drug-likeness (QED) is 0.584. The maximum absolute atomic E-state index is 13.2. The van der Waals surface area contributed by atoms with Crippen LogP contribution in [0.5, 0.6) is 23.0 Å². The molecule has 0 fully saturated rings. The van der Waals surface area contributed by atoms with Crippen molar-refractivity contribution in [2.24, 2.45) is 0 Å². The van der Waals surface area contributed by atoms with E-state index in [0.29, 0.717) is 33.7 Å². The van der Waals surface area contributed by atoms with Crippen LogP contribution in [-0.2, 0) is 6.42 Å². The minimum absolute atomic E-state index is 0.0504. The Kier molecular flexibility index (Phi) is 4.67. The summed E-state index contributed by atoms with van der Waals surface area (Å²) in [5.41, 5.74) is 2.82. The monoisotopic (exact) mass is 384 g/mol. The fraction of sp³-hybridized carbons (Fsp3) is 0.409. The Labute approximate surface area is 165 Å². The van der Waals surface area contributed by atoms with Gasteiger partial charge in [-0.3, -0.25) is 4.79 Å². The van der Waals surface area contributed by atoms with Gasteiger partial charge in [-0.15, -0.1) is 0 Å². The molecule has 6 heteroatoms. The predicted octanol–water partition coefficient (Wildman–Crippen LogP) is 3.38. The largest absolute Gasteiger partial charge is 0.496 e. The van der Waals surface area contributed by atoms with Crippen LogP contribution in [0.4, 0.5) is 0 Å². The number of carbonyl (C=O) groups excluding carboxylic acids is 1. The van der Waals surface area contributed by atoms with E-state index < -0.39 is 0 Å². The van der Waals surface area contributed by atoms with Gasteiger partial charge in [0.25, 0.3) is 0 Å². The molecule has 4 rings (SSSR count). The number of benzene rings is 2. The lowest BCUT2D eigenvalue weighted by Crippen LogP contribution is -2.48. The molecule has 28 heavy (non-hydrogen) atoms. The van der Waals surface area contributed by atoms with Crippen molar-refractivity contribution < 1.29 is 28.2 Å². The Balaban J connectivity index is 1.78. The van der Waals surface area contributed by atoms with Gasteiger partial charge in [-0.2, -0.15) is 0 Å². The number of para-hydroxylation sites is 1. The molecule has 1 atom stereocenters. The van der Waals surface area contributed by atoms with E-state index in [1.54, 1.807) is 14.2 Å². The minimum Gasteiger partial charge on any atom is -0.496 e. The van der Waals surface area contributed by atoms with Gasteiger partial charge in [0, 0.05) is 6.42 Å². The van der Waals surface area contributed by atoms with Crippen LogP contribution in [0, 0.1) is 0 Å². The third-order valence-electron chi connectivity index (χ3n) is 5.87. The molecule has 2 heterocycles. The summed E-state index contributed by atoms with van der Waals surface area (Å²) in [5.74, 6) is 2.71. The topological polar surface area (TPSA) is 54.0 Å². The molecule has 0 aliphatic carbocycles. The number of likely N-dealkylation sites (N-methyl/N-ethyl adjacent to an activating group) is 1. The molecule has 0 unspecified atom stereocenters. The lowest BCUT2D eigenvalue weighted by atomic mass is 9.85. The number of ether oxygens (including phenoxy) is 4. The van der Waals surface area contributed by atoms with Crippen LogP contribution in [-0.4, -0.2) is 51.9 Å². The van der Waals surface area contributed by atoms with Crippen LogP contribution in [0.3, 0.4) is 0 Å². The molecule has 0 aromatic heterocycles. The summed E-state index contributed by atoms with van der Waals surface area (Å²) in [4.78, 5) is 13.2. The fourth-order valence-corrected chi connectivity index (χ4v) is 4.28. The zero-order chi connectivity index (χ0) is 19.9. The van der Waals surface area contributed by atoms with Gasteiger partial charge >= 0.3 is 0 Å². The van der Waals surface area contributed by atoms with Gasteiger partial charge in [-0.1, -0.05) is 12.1 Å². The van der Waals surface area contributed by atoms with Crippen molar-refractivity contribution >= 4 is 5.78 Å². The molecule has 0 spiro atoms. The molecule has 2 aliphatic heterocycles. The second-order valence-electron chi connectivity index (χ2n) is 7.81. The van der Waals surface area contributed by atoms with Crippen molar-refractivity contribution in [3.8, 4) is 23.0 Å². The maximum atomic E-state index is 13.2. The van der Waals surface area contributed by atoms with Crippen LogP contribution in [0.25, 0.3) is 0 Å². The number of Topliss-reactive ketones (excluding diaryl/α,β-unsaturated/α-hetero) is 1. The Morgan fingerprint density at radius 1 is 1.18 bits per heavy atom. The van der Waals surface area contributed by atoms with E-state index in [-0.39, 0.29) is 18.6 Å². The van der Waals surface area contributed by atoms with E-state index in [9.17, 15) is 4.79 Å². The van der Waals surface area contributed by atoms with Crippen molar-refractivity contribution in [3.63, 3.8) is 0 Å². The number of hydrogen-bond donors (Lipinski definition) is 0. The fourth-order valence-electron chi connectivity index (χ4n) is 4.28. The van der Waals surface area contributed by atoms with Crippen LogP contribution in [0.1, 0.15) is 33.9 Å². The maximum Gasteiger partial charge on any atom is 0.231 e. The van der Waals surface area contributed by atoms with E-state index in [1.165, 1.54) is 0 Å². The summed E-state index contributed by atoms with van der Waals surface area (Å²) < 4.78 is 23.1. The highest BCUT2D eigenvalue weighted by Crippen LogP contribution is 2.51. The number of rotatable bonds is 5. The molecule has 0 N–H and O–H groups in total. The minimum atomic E-state index is -0.0504. The Hall–Kier alpha value is -2.73.